The van der Waals surface area contributed by atoms with E-state index in [0.29, 0.717) is 16.9 Å². The lowest BCUT2D eigenvalue weighted by Crippen LogP contribution is -2.14. The van der Waals surface area contributed by atoms with E-state index in [4.69, 9.17) is 9.84 Å². The molecule has 156 valence electrons. The summed E-state index contributed by atoms with van der Waals surface area (Å²) in [4.78, 5) is 11.1. The summed E-state index contributed by atoms with van der Waals surface area (Å²) in [5, 5.41) is 9.17. The largest absolute Gasteiger partial charge is 0.489 e. The molecule has 0 atom stereocenters. The van der Waals surface area contributed by atoms with Gasteiger partial charge in [-0.1, -0.05) is 12.1 Å². The predicted octanol–water partition coefficient (Wildman–Crippen LogP) is 4.35. The number of halogens is 2. The summed E-state index contributed by atoms with van der Waals surface area (Å²) in [5.74, 6) is -2.74. The molecule has 0 radical (unpaired) electrons. The van der Waals surface area contributed by atoms with E-state index in [1.54, 1.807) is 6.92 Å². The van der Waals surface area contributed by atoms with E-state index in [2.05, 4.69) is 4.72 Å². The van der Waals surface area contributed by atoms with E-state index >= 15 is 0 Å². The molecule has 9 heteroatoms. The second-order valence-corrected chi connectivity index (χ2v) is 8.13. The number of sulfonamides is 1. The van der Waals surface area contributed by atoms with Gasteiger partial charge in [-0.05, 0) is 66.6 Å². The van der Waals surface area contributed by atoms with Crippen LogP contribution in [0.3, 0.4) is 0 Å². The van der Waals surface area contributed by atoms with Crippen molar-refractivity contribution in [1.82, 2.24) is 0 Å². The minimum Gasteiger partial charge on any atom is -0.489 e. The molecule has 0 fully saturated rings. The molecule has 0 aromatic heterocycles. The van der Waals surface area contributed by atoms with Gasteiger partial charge in [0.25, 0.3) is 10.0 Å². The fourth-order valence-electron chi connectivity index (χ4n) is 2.63. The number of anilines is 1. The Morgan fingerprint density at radius 1 is 1.00 bits per heavy atom. The highest BCUT2D eigenvalue weighted by molar-refractivity contribution is 7.92. The Morgan fingerprint density at radius 2 is 1.70 bits per heavy atom. The number of aromatic carboxylic acids is 1. The number of hydrogen-bond donors (Lipinski definition) is 2. The minimum absolute atomic E-state index is 0.00358. The van der Waals surface area contributed by atoms with Crippen molar-refractivity contribution < 1.29 is 31.8 Å². The van der Waals surface area contributed by atoms with Gasteiger partial charge in [0.2, 0.25) is 0 Å². The Morgan fingerprint density at radius 3 is 2.33 bits per heavy atom. The molecule has 0 heterocycles. The van der Waals surface area contributed by atoms with Crippen LogP contribution < -0.4 is 9.46 Å². The van der Waals surface area contributed by atoms with Crippen LogP contribution in [0.4, 0.5) is 14.5 Å². The van der Waals surface area contributed by atoms with Crippen molar-refractivity contribution in [3.8, 4) is 5.75 Å². The number of carboxylic acid groups (broad SMARTS) is 1. The molecular weight excluding hydrogens is 416 g/mol. The van der Waals surface area contributed by atoms with E-state index < -0.39 is 27.6 Å². The van der Waals surface area contributed by atoms with Gasteiger partial charge in [-0.3, -0.25) is 4.72 Å². The number of carboxylic acids is 1. The van der Waals surface area contributed by atoms with Gasteiger partial charge in [0.05, 0.1) is 10.5 Å². The molecule has 0 saturated heterocycles. The maximum atomic E-state index is 13.2. The number of benzene rings is 3. The van der Waals surface area contributed by atoms with Crippen molar-refractivity contribution in [3.63, 3.8) is 0 Å². The number of nitrogens with one attached hydrogen (secondary N) is 1. The van der Waals surface area contributed by atoms with Gasteiger partial charge in [-0.25, -0.2) is 22.0 Å². The molecule has 0 bridgehead atoms. The molecule has 6 nitrogen and oxygen atoms in total. The van der Waals surface area contributed by atoms with Crippen LogP contribution in [0.2, 0.25) is 0 Å². The second kappa shape index (κ2) is 8.50. The van der Waals surface area contributed by atoms with Crippen molar-refractivity contribution in [3.05, 3.63) is 89.0 Å². The van der Waals surface area contributed by atoms with Gasteiger partial charge in [0.15, 0.2) is 11.6 Å². The van der Waals surface area contributed by atoms with Crippen molar-refractivity contribution in [2.75, 3.05) is 4.72 Å². The molecule has 2 N–H and O–H groups in total. The number of ether oxygens (including phenoxy) is 1. The lowest BCUT2D eigenvalue weighted by atomic mass is 10.1. The highest BCUT2D eigenvalue weighted by Crippen LogP contribution is 2.22. The third-order valence-electron chi connectivity index (χ3n) is 4.25. The monoisotopic (exact) mass is 433 g/mol. The van der Waals surface area contributed by atoms with Crippen molar-refractivity contribution in [2.45, 2.75) is 18.4 Å². The SMILES string of the molecule is Cc1ccc(S(=O)(=O)Nc2ccc(OCc3ccc(F)c(F)c3)cc2)cc1C(=O)O. The molecule has 0 aliphatic heterocycles. The summed E-state index contributed by atoms with van der Waals surface area (Å²) < 4.78 is 59.1. The number of rotatable bonds is 7. The van der Waals surface area contributed by atoms with Crippen LogP contribution in [0.15, 0.2) is 65.6 Å². The Labute approximate surface area is 171 Å². The van der Waals surface area contributed by atoms with Crippen LogP contribution >= 0.6 is 0 Å². The first-order valence-corrected chi connectivity index (χ1v) is 10.2. The molecule has 3 rings (SSSR count). The summed E-state index contributed by atoms with van der Waals surface area (Å²) in [6.45, 7) is 1.58. The summed E-state index contributed by atoms with van der Waals surface area (Å²) in [6, 6.07) is 13.2. The lowest BCUT2D eigenvalue weighted by molar-refractivity contribution is 0.0696. The zero-order valence-corrected chi connectivity index (χ0v) is 16.5. The van der Waals surface area contributed by atoms with Gasteiger partial charge < -0.3 is 9.84 Å². The van der Waals surface area contributed by atoms with Crippen LogP contribution in [-0.2, 0) is 16.6 Å². The quantitative estimate of drug-likeness (QED) is 0.578. The van der Waals surface area contributed by atoms with E-state index in [1.807, 2.05) is 0 Å². The average Bonchev–Trinajstić information content (AvgIpc) is 2.69. The minimum atomic E-state index is -3.99. The van der Waals surface area contributed by atoms with E-state index in [0.717, 1.165) is 18.2 Å². The van der Waals surface area contributed by atoms with Gasteiger partial charge >= 0.3 is 5.97 Å². The van der Waals surface area contributed by atoms with Gasteiger partial charge in [0.1, 0.15) is 12.4 Å². The molecule has 0 aliphatic rings. The van der Waals surface area contributed by atoms with Crippen LogP contribution in [-0.4, -0.2) is 19.5 Å². The third-order valence-corrected chi connectivity index (χ3v) is 5.62. The normalized spacial score (nSPS) is 11.2. The summed E-state index contributed by atoms with van der Waals surface area (Å²) in [5.41, 5.74) is 1.03. The first-order valence-electron chi connectivity index (χ1n) is 8.69. The first kappa shape index (κ1) is 21.3. The average molecular weight is 433 g/mol. The van der Waals surface area contributed by atoms with Crippen LogP contribution in [0, 0.1) is 18.6 Å². The third kappa shape index (κ3) is 4.93. The molecule has 0 unspecified atom stereocenters. The number of hydrogen-bond acceptors (Lipinski definition) is 4. The standard InChI is InChI=1S/C21H17F2NO5S/c1-13-2-8-17(11-18(13)21(25)26)30(27,28)24-15-4-6-16(7-5-15)29-12-14-3-9-19(22)20(23)10-14/h2-11,24H,12H2,1H3,(H,25,26). The molecule has 0 spiro atoms. The van der Waals surface area contributed by atoms with Gasteiger partial charge in [-0.2, -0.15) is 0 Å². The van der Waals surface area contributed by atoms with E-state index in [1.165, 1.54) is 42.5 Å². The first-order chi connectivity index (χ1) is 14.2. The maximum Gasteiger partial charge on any atom is 0.335 e. The Balaban J connectivity index is 1.69. The maximum absolute atomic E-state index is 13.2. The fourth-order valence-corrected chi connectivity index (χ4v) is 3.71. The summed E-state index contributed by atoms with van der Waals surface area (Å²) in [7, 11) is -3.99. The van der Waals surface area contributed by atoms with E-state index in [-0.39, 0.29) is 22.8 Å². The Hall–Kier alpha value is -3.46. The molecule has 0 saturated carbocycles. The Kier molecular flexibility index (Phi) is 6.02. The summed E-state index contributed by atoms with van der Waals surface area (Å²) >= 11 is 0. The van der Waals surface area contributed by atoms with Gasteiger partial charge in [-0.15, -0.1) is 0 Å². The highest BCUT2D eigenvalue weighted by Gasteiger charge is 2.18. The smallest absolute Gasteiger partial charge is 0.335 e. The molecule has 0 amide bonds. The molecular formula is C21H17F2NO5S. The van der Waals surface area contributed by atoms with Crippen LogP contribution in [0.1, 0.15) is 21.5 Å². The summed E-state index contributed by atoms with van der Waals surface area (Å²) in [6.07, 6.45) is 0. The number of carbonyl (C=O) groups is 1. The van der Waals surface area contributed by atoms with Gasteiger partial charge in [0, 0.05) is 5.69 Å². The van der Waals surface area contributed by atoms with Crippen molar-refractivity contribution >= 4 is 21.7 Å². The molecule has 3 aromatic rings. The highest BCUT2D eigenvalue weighted by atomic mass is 32.2. The molecule has 0 aliphatic carbocycles. The fraction of sp³-hybridized carbons (Fsp3) is 0.0952. The number of aryl methyl sites for hydroxylation is 1. The van der Waals surface area contributed by atoms with Crippen molar-refractivity contribution in [1.29, 1.82) is 0 Å². The van der Waals surface area contributed by atoms with Crippen LogP contribution in [0.25, 0.3) is 0 Å². The zero-order chi connectivity index (χ0) is 21.9. The second-order valence-electron chi connectivity index (χ2n) is 6.45. The van der Waals surface area contributed by atoms with Crippen LogP contribution in [0.5, 0.6) is 5.75 Å². The van der Waals surface area contributed by atoms with Crippen molar-refractivity contribution in [2.24, 2.45) is 0 Å². The lowest BCUT2D eigenvalue weighted by Gasteiger charge is -2.11. The Bertz CT molecular complexity index is 1190. The predicted molar refractivity (Wildman–Crippen MR) is 106 cm³/mol. The van der Waals surface area contributed by atoms with E-state index in [9.17, 15) is 22.0 Å². The topological polar surface area (TPSA) is 92.7 Å². The zero-order valence-electron chi connectivity index (χ0n) is 15.7. The molecule has 3 aromatic carbocycles. The molecule has 30 heavy (non-hydrogen) atoms.